The number of halogens is 1. The number of amides is 1. The summed E-state index contributed by atoms with van der Waals surface area (Å²) in [6.07, 6.45) is 2.63. The highest BCUT2D eigenvalue weighted by Gasteiger charge is 2.40. The summed E-state index contributed by atoms with van der Waals surface area (Å²) in [5, 5.41) is 3.62. The minimum absolute atomic E-state index is 0.252. The van der Waals surface area contributed by atoms with Gasteiger partial charge in [-0.25, -0.2) is 4.79 Å². The van der Waals surface area contributed by atoms with Gasteiger partial charge in [0.1, 0.15) is 0 Å². The summed E-state index contributed by atoms with van der Waals surface area (Å²) >= 11 is 5.84. The molecule has 1 N–H and O–H groups in total. The Morgan fingerprint density at radius 2 is 2.00 bits per heavy atom. The zero-order valence-corrected chi connectivity index (χ0v) is 9.88. The first-order valence-electron chi connectivity index (χ1n) is 5.28. The lowest BCUT2D eigenvalue weighted by Crippen LogP contribution is -2.50. The molecule has 1 aliphatic rings. The summed E-state index contributed by atoms with van der Waals surface area (Å²) in [7, 11) is 1.38. The van der Waals surface area contributed by atoms with Gasteiger partial charge in [-0.2, -0.15) is 0 Å². The quantitative estimate of drug-likeness (QED) is 0.861. The van der Waals surface area contributed by atoms with Gasteiger partial charge in [0.25, 0.3) is 0 Å². The minimum Gasteiger partial charge on any atom is -0.453 e. The number of nitrogens with one attached hydrogen (secondary N) is 1. The second kappa shape index (κ2) is 4.34. The number of ether oxygens (including phenoxy) is 1. The molecule has 0 unspecified atom stereocenters. The maximum Gasteiger partial charge on any atom is 0.407 e. The first-order valence-corrected chi connectivity index (χ1v) is 5.66. The van der Waals surface area contributed by atoms with Gasteiger partial charge in [-0.3, -0.25) is 0 Å². The van der Waals surface area contributed by atoms with Gasteiger partial charge in [0.05, 0.1) is 12.6 Å². The summed E-state index contributed by atoms with van der Waals surface area (Å²) < 4.78 is 4.65. The molecule has 1 aromatic rings. The van der Waals surface area contributed by atoms with Crippen molar-refractivity contribution in [3.05, 3.63) is 34.9 Å². The fourth-order valence-corrected chi connectivity index (χ4v) is 2.16. The fourth-order valence-electron chi connectivity index (χ4n) is 2.03. The predicted octanol–water partition coefficient (Wildman–Crippen LogP) is 3.08. The molecule has 4 heteroatoms. The largest absolute Gasteiger partial charge is 0.453 e. The zero-order valence-electron chi connectivity index (χ0n) is 9.13. The Labute approximate surface area is 99.7 Å². The van der Waals surface area contributed by atoms with Gasteiger partial charge in [0.15, 0.2) is 0 Å². The first-order chi connectivity index (χ1) is 7.66. The van der Waals surface area contributed by atoms with E-state index in [2.05, 4.69) is 10.1 Å². The molecule has 1 fully saturated rings. The molecule has 0 aliphatic heterocycles. The van der Waals surface area contributed by atoms with Crippen LogP contribution >= 0.6 is 11.6 Å². The number of hydrogen-bond acceptors (Lipinski definition) is 2. The average molecular weight is 240 g/mol. The molecular weight excluding hydrogens is 226 g/mol. The van der Waals surface area contributed by atoms with Crippen molar-refractivity contribution in [2.75, 3.05) is 7.11 Å². The highest BCUT2D eigenvalue weighted by atomic mass is 35.5. The van der Waals surface area contributed by atoms with Crippen molar-refractivity contribution in [3.8, 4) is 0 Å². The Bertz CT molecular complexity index is 385. The maximum atomic E-state index is 11.3. The van der Waals surface area contributed by atoms with Crippen molar-refractivity contribution in [2.24, 2.45) is 0 Å². The van der Waals surface area contributed by atoms with E-state index in [1.54, 1.807) is 0 Å². The fraction of sp³-hybridized carbons (Fsp3) is 0.417. The highest BCUT2D eigenvalue weighted by molar-refractivity contribution is 6.30. The Balaban J connectivity index is 2.21. The first kappa shape index (κ1) is 11.3. The zero-order chi connectivity index (χ0) is 11.6. The van der Waals surface area contributed by atoms with E-state index in [0.29, 0.717) is 5.02 Å². The number of carbonyl (C=O) groups is 1. The van der Waals surface area contributed by atoms with Crippen molar-refractivity contribution in [2.45, 2.75) is 24.8 Å². The van der Waals surface area contributed by atoms with Crippen molar-refractivity contribution in [1.29, 1.82) is 0 Å². The molecule has 1 aliphatic carbocycles. The van der Waals surface area contributed by atoms with Crippen LogP contribution in [-0.4, -0.2) is 13.2 Å². The molecule has 0 bridgehead atoms. The van der Waals surface area contributed by atoms with E-state index >= 15 is 0 Å². The van der Waals surface area contributed by atoms with Crippen LogP contribution in [0, 0.1) is 0 Å². The molecule has 16 heavy (non-hydrogen) atoms. The van der Waals surface area contributed by atoms with Crippen LogP contribution in [-0.2, 0) is 10.3 Å². The third kappa shape index (κ3) is 2.00. The molecule has 0 aromatic heterocycles. The van der Waals surface area contributed by atoms with Crippen LogP contribution in [0.1, 0.15) is 24.8 Å². The SMILES string of the molecule is COC(=O)NC1(c2ccc(Cl)cc2)CCC1. The third-order valence-corrected chi connectivity index (χ3v) is 3.38. The topological polar surface area (TPSA) is 38.3 Å². The Kier molecular flexibility index (Phi) is 3.06. The number of rotatable bonds is 2. The Morgan fingerprint density at radius 3 is 2.44 bits per heavy atom. The lowest BCUT2D eigenvalue weighted by atomic mass is 9.72. The standard InChI is InChI=1S/C12H14ClNO2/c1-16-11(15)14-12(7-2-8-12)9-3-5-10(13)6-4-9/h3-6H,2,7-8H2,1H3,(H,14,15). The number of alkyl carbamates (subject to hydrolysis) is 1. The smallest absolute Gasteiger partial charge is 0.407 e. The second-order valence-electron chi connectivity index (χ2n) is 4.06. The van der Waals surface area contributed by atoms with E-state index in [0.717, 1.165) is 24.8 Å². The molecule has 1 aromatic carbocycles. The summed E-state index contributed by atoms with van der Waals surface area (Å²) in [4.78, 5) is 11.3. The molecule has 2 rings (SSSR count). The lowest BCUT2D eigenvalue weighted by molar-refractivity contribution is 0.128. The molecule has 1 amide bonds. The van der Waals surface area contributed by atoms with Crippen LogP contribution in [0.3, 0.4) is 0 Å². The molecule has 0 atom stereocenters. The van der Waals surface area contributed by atoms with Gasteiger partial charge in [-0.05, 0) is 37.0 Å². The maximum absolute atomic E-state index is 11.3. The summed E-state index contributed by atoms with van der Waals surface area (Å²) in [5.74, 6) is 0. The van der Waals surface area contributed by atoms with Gasteiger partial charge < -0.3 is 10.1 Å². The van der Waals surface area contributed by atoms with Crippen LogP contribution in [0.5, 0.6) is 0 Å². The number of hydrogen-bond donors (Lipinski definition) is 1. The number of benzene rings is 1. The van der Waals surface area contributed by atoms with E-state index in [1.807, 2.05) is 24.3 Å². The van der Waals surface area contributed by atoms with Gasteiger partial charge in [0.2, 0.25) is 0 Å². The Hall–Kier alpha value is -1.22. The normalized spacial score (nSPS) is 17.4. The second-order valence-corrected chi connectivity index (χ2v) is 4.50. The van der Waals surface area contributed by atoms with Gasteiger partial charge >= 0.3 is 6.09 Å². The molecule has 3 nitrogen and oxygen atoms in total. The van der Waals surface area contributed by atoms with Crippen LogP contribution in [0.25, 0.3) is 0 Å². The number of methoxy groups -OCH3 is 1. The van der Waals surface area contributed by atoms with Gasteiger partial charge in [0, 0.05) is 5.02 Å². The summed E-state index contributed by atoms with van der Waals surface area (Å²) in [6.45, 7) is 0. The Morgan fingerprint density at radius 1 is 1.38 bits per heavy atom. The van der Waals surface area contributed by atoms with Crippen molar-refractivity contribution < 1.29 is 9.53 Å². The minimum atomic E-state index is -0.380. The van der Waals surface area contributed by atoms with E-state index in [9.17, 15) is 4.79 Å². The molecule has 1 saturated carbocycles. The predicted molar refractivity (Wildman–Crippen MR) is 62.5 cm³/mol. The molecule has 0 heterocycles. The molecule has 0 saturated heterocycles. The average Bonchev–Trinajstić information content (AvgIpc) is 2.24. The van der Waals surface area contributed by atoms with Crippen LogP contribution < -0.4 is 5.32 Å². The molecular formula is C12H14ClNO2. The van der Waals surface area contributed by atoms with Gasteiger partial charge in [-0.1, -0.05) is 23.7 Å². The summed E-state index contributed by atoms with van der Waals surface area (Å²) in [6, 6.07) is 7.60. The lowest BCUT2D eigenvalue weighted by Gasteiger charge is -2.42. The molecule has 0 radical (unpaired) electrons. The van der Waals surface area contributed by atoms with Crippen LogP contribution in [0.2, 0.25) is 5.02 Å². The number of carbonyl (C=O) groups excluding carboxylic acids is 1. The van der Waals surface area contributed by atoms with Crippen molar-refractivity contribution in [1.82, 2.24) is 5.32 Å². The monoisotopic (exact) mass is 239 g/mol. The molecule has 86 valence electrons. The third-order valence-electron chi connectivity index (χ3n) is 3.13. The van der Waals surface area contributed by atoms with E-state index < -0.39 is 0 Å². The van der Waals surface area contributed by atoms with Crippen molar-refractivity contribution >= 4 is 17.7 Å². The van der Waals surface area contributed by atoms with Gasteiger partial charge in [-0.15, -0.1) is 0 Å². The van der Waals surface area contributed by atoms with E-state index in [-0.39, 0.29) is 11.6 Å². The summed E-state index contributed by atoms with van der Waals surface area (Å²) in [5.41, 5.74) is 0.839. The van der Waals surface area contributed by atoms with E-state index in [4.69, 9.17) is 11.6 Å². The van der Waals surface area contributed by atoms with E-state index in [1.165, 1.54) is 7.11 Å². The van der Waals surface area contributed by atoms with Crippen molar-refractivity contribution in [3.63, 3.8) is 0 Å². The van der Waals surface area contributed by atoms with Crippen LogP contribution in [0.4, 0.5) is 4.79 Å². The highest BCUT2D eigenvalue weighted by Crippen LogP contribution is 2.41. The van der Waals surface area contributed by atoms with Crippen LogP contribution in [0.15, 0.2) is 24.3 Å². The molecule has 0 spiro atoms.